The molecule has 0 spiro atoms. The Hall–Kier alpha value is -2.05. The highest BCUT2D eigenvalue weighted by atomic mass is 79.9. The molecule has 0 saturated carbocycles. The van der Waals surface area contributed by atoms with Crippen molar-refractivity contribution in [1.82, 2.24) is 4.98 Å². The van der Waals surface area contributed by atoms with E-state index in [2.05, 4.69) is 15.5 Å². The summed E-state index contributed by atoms with van der Waals surface area (Å²) >= 11 is 1.47. The molecule has 0 aliphatic carbocycles. The Kier molecular flexibility index (Phi) is 6.23. The van der Waals surface area contributed by atoms with Crippen LogP contribution in [0.15, 0.2) is 59.0 Å². The molecule has 0 bridgehead atoms. The van der Waals surface area contributed by atoms with Crippen molar-refractivity contribution in [1.29, 1.82) is 0 Å². The van der Waals surface area contributed by atoms with E-state index in [4.69, 9.17) is 0 Å². The van der Waals surface area contributed by atoms with E-state index in [1.807, 2.05) is 42.6 Å². The summed E-state index contributed by atoms with van der Waals surface area (Å²) in [5, 5.41) is 7.00. The first-order valence-electron chi connectivity index (χ1n) is 7.21. The predicted molar refractivity (Wildman–Crippen MR) is 105 cm³/mol. The first-order valence-corrected chi connectivity index (χ1v) is 8.09. The highest BCUT2D eigenvalue weighted by Crippen LogP contribution is 2.26. The zero-order valence-corrected chi connectivity index (χ0v) is 15.8. The first kappa shape index (κ1) is 18.3. The van der Waals surface area contributed by atoms with Crippen LogP contribution in [0.25, 0.3) is 11.3 Å². The van der Waals surface area contributed by atoms with Crippen molar-refractivity contribution in [2.24, 2.45) is 5.10 Å². The molecule has 0 aliphatic rings. The number of aryl methyl sites for hydroxylation is 1. The molecule has 0 unspecified atom stereocenters. The second-order valence-corrected chi connectivity index (χ2v) is 6.04. The molecule has 0 atom stereocenters. The molecule has 1 heterocycles. The average molecular weight is 406 g/mol. The number of halogens is 2. The van der Waals surface area contributed by atoms with Crippen LogP contribution < -0.4 is 5.43 Å². The van der Waals surface area contributed by atoms with Crippen LogP contribution in [0, 0.1) is 12.7 Å². The van der Waals surface area contributed by atoms with Crippen LogP contribution >= 0.6 is 28.3 Å². The van der Waals surface area contributed by atoms with Gasteiger partial charge in [0.25, 0.3) is 0 Å². The maximum atomic E-state index is 13.3. The largest absolute Gasteiger partial charge is 0.252 e. The topological polar surface area (TPSA) is 37.3 Å². The summed E-state index contributed by atoms with van der Waals surface area (Å²) in [7, 11) is 0. The van der Waals surface area contributed by atoms with Crippen molar-refractivity contribution < 1.29 is 4.39 Å². The van der Waals surface area contributed by atoms with E-state index in [0.717, 1.165) is 22.5 Å². The highest BCUT2D eigenvalue weighted by Gasteiger charge is 2.06. The molecule has 1 N–H and O–H groups in total. The highest BCUT2D eigenvalue weighted by molar-refractivity contribution is 8.93. The monoisotopic (exact) mass is 405 g/mol. The quantitative estimate of drug-likeness (QED) is 0.448. The van der Waals surface area contributed by atoms with E-state index in [9.17, 15) is 4.39 Å². The zero-order chi connectivity index (χ0) is 16.2. The summed E-state index contributed by atoms with van der Waals surface area (Å²) in [5.74, 6) is -0.203. The van der Waals surface area contributed by atoms with E-state index in [1.54, 1.807) is 19.1 Å². The fourth-order valence-electron chi connectivity index (χ4n) is 2.14. The molecule has 2 aromatic carbocycles. The van der Waals surface area contributed by atoms with Crippen LogP contribution in [0.2, 0.25) is 0 Å². The molecule has 0 fully saturated rings. The van der Waals surface area contributed by atoms with E-state index < -0.39 is 0 Å². The van der Waals surface area contributed by atoms with Gasteiger partial charge in [-0.05, 0) is 43.2 Å². The van der Waals surface area contributed by atoms with Gasteiger partial charge in [-0.15, -0.1) is 28.3 Å². The zero-order valence-electron chi connectivity index (χ0n) is 13.3. The van der Waals surface area contributed by atoms with Crippen LogP contribution in [0.5, 0.6) is 0 Å². The third-order valence-corrected chi connectivity index (χ3v) is 4.22. The van der Waals surface area contributed by atoms with Crippen molar-refractivity contribution in [2.45, 2.75) is 13.8 Å². The summed E-state index contributed by atoms with van der Waals surface area (Å²) < 4.78 is 13.3. The standard InChI is InChI=1S/C18H16FN3S.BrH/c1-12-10-15(8-9-16(12)19)17-11-23-18(20-17)22-21-13(2)14-6-4-3-5-7-14;/h3-11H,1-2H3,(H,20,22);1H/b21-13+;. The predicted octanol–water partition coefficient (Wildman–Crippen LogP) is 5.67. The molecule has 24 heavy (non-hydrogen) atoms. The second-order valence-electron chi connectivity index (χ2n) is 5.18. The molecule has 124 valence electrons. The number of aromatic nitrogens is 1. The van der Waals surface area contributed by atoms with Gasteiger partial charge in [-0.25, -0.2) is 9.37 Å². The minimum Gasteiger partial charge on any atom is -0.252 e. The molecule has 3 aromatic rings. The lowest BCUT2D eigenvalue weighted by Crippen LogP contribution is -1.99. The van der Waals surface area contributed by atoms with Gasteiger partial charge in [-0.1, -0.05) is 30.3 Å². The number of anilines is 1. The van der Waals surface area contributed by atoms with Gasteiger partial charge in [0.2, 0.25) is 5.13 Å². The minimum atomic E-state index is -0.203. The third-order valence-electron chi connectivity index (χ3n) is 3.47. The number of benzene rings is 2. The molecular weight excluding hydrogens is 389 g/mol. The average Bonchev–Trinajstić information content (AvgIpc) is 3.05. The van der Waals surface area contributed by atoms with Crippen LogP contribution in [0.1, 0.15) is 18.1 Å². The minimum absolute atomic E-state index is 0. The smallest absolute Gasteiger partial charge is 0.203 e. The Morgan fingerprint density at radius 1 is 1.17 bits per heavy atom. The molecule has 0 aliphatic heterocycles. The van der Waals surface area contributed by atoms with Gasteiger partial charge in [0.05, 0.1) is 11.4 Å². The molecule has 0 amide bonds. The van der Waals surface area contributed by atoms with Gasteiger partial charge >= 0.3 is 0 Å². The van der Waals surface area contributed by atoms with Crippen molar-refractivity contribution in [3.8, 4) is 11.3 Å². The van der Waals surface area contributed by atoms with Gasteiger partial charge < -0.3 is 0 Å². The van der Waals surface area contributed by atoms with Crippen molar-refractivity contribution in [2.75, 3.05) is 5.43 Å². The molecule has 0 radical (unpaired) electrons. The van der Waals surface area contributed by atoms with Crippen LogP contribution in [-0.2, 0) is 0 Å². The van der Waals surface area contributed by atoms with E-state index in [1.165, 1.54) is 17.4 Å². The number of hydrazone groups is 1. The SMILES string of the molecule is Br.C/C(=N\Nc1nc(-c2ccc(F)c(C)c2)cs1)c1ccccc1. The molecule has 1 aromatic heterocycles. The van der Waals surface area contributed by atoms with E-state index in [0.29, 0.717) is 10.7 Å². The number of hydrogen-bond donors (Lipinski definition) is 1. The molecule has 3 nitrogen and oxygen atoms in total. The lowest BCUT2D eigenvalue weighted by molar-refractivity contribution is 0.619. The molecule has 6 heteroatoms. The van der Waals surface area contributed by atoms with Gasteiger partial charge in [-0.3, -0.25) is 5.43 Å². The van der Waals surface area contributed by atoms with E-state index >= 15 is 0 Å². The third kappa shape index (κ3) is 4.27. The Morgan fingerprint density at radius 3 is 2.62 bits per heavy atom. The molecular formula is C18H17BrFN3S. The van der Waals surface area contributed by atoms with Crippen LogP contribution in [0.4, 0.5) is 9.52 Å². The van der Waals surface area contributed by atoms with Crippen molar-refractivity contribution in [3.05, 3.63) is 70.9 Å². The van der Waals surface area contributed by atoms with Gasteiger partial charge in [-0.2, -0.15) is 5.10 Å². The summed E-state index contributed by atoms with van der Waals surface area (Å²) in [6.45, 7) is 3.69. The molecule has 0 saturated heterocycles. The maximum Gasteiger partial charge on any atom is 0.203 e. The lowest BCUT2D eigenvalue weighted by Gasteiger charge is -2.01. The normalized spacial score (nSPS) is 11.0. The maximum absolute atomic E-state index is 13.3. The van der Waals surface area contributed by atoms with Gasteiger partial charge in [0.1, 0.15) is 5.82 Å². The Labute approximate surface area is 155 Å². The second kappa shape index (κ2) is 8.17. The number of nitrogens with zero attached hydrogens (tertiary/aromatic N) is 2. The Balaban J connectivity index is 0.00000208. The van der Waals surface area contributed by atoms with Crippen molar-refractivity contribution in [3.63, 3.8) is 0 Å². The Morgan fingerprint density at radius 2 is 1.92 bits per heavy atom. The van der Waals surface area contributed by atoms with Gasteiger partial charge in [0, 0.05) is 10.9 Å². The van der Waals surface area contributed by atoms with Crippen LogP contribution in [0.3, 0.4) is 0 Å². The lowest BCUT2D eigenvalue weighted by atomic mass is 10.1. The summed E-state index contributed by atoms with van der Waals surface area (Å²) in [6.07, 6.45) is 0. The summed E-state index contributed by atoms with van der Waals surface area (Å²) in [5.41, 5.74) is 7.26. The number of thiazole rings is 1. The van der Waals surface area contributed by atoms with Crippen molar-refractivity contribution >= 4 is 39.2 Å². The number of hydrogen-bond acceptors (Lipinski definition) is 4. The summed E-state index contributed by atoms with van der Waals surface area (Å²) in [4.78, 5) is 4.49. The molecule has 3 rings (SSSR count). The van der Waals surface area contributed by atoms with Gasteiger partial charge in [0.15, 0.2) is 0 Å². The summed E-state index contributed by atoms with van der Waals surface area (Å²) in [6, 6.07) is 15.0. The van der Waals surface area contributed by atoms with E-state index in [-0.39, 0.29) is 22.8 Å². The number of rotatable bonds is 4. The fourth-order valence-corrected chi connectivity index (χ4v) is 2.80. The fraction of sp³-hybridized carbons (Fsp3) is 0.111. The first-order chi connectivity index (χ1) is 11.1. The number of nitrogens with one attached hydrogen (secondary N) is 1. The Bertz CT molecular complexity index is 846. The van der Waals surface area contributed by atoms with Crippen LogP contribution in [-0.4, -0.2) is 10.7 Å².